The van der Waals surface area contributed by atoms with Crippen molar-refractivity contribution in [3.05, 3.63) is 82.3 Å². The smallest absolute Gasteiger partial charge is 0.421 e. The van der Waals surface area contributed by atoms with Gasteiger partial charge in [-0.05, 0) is 49.2 Å². The monoisotopic (exact) mass is 566 g/mol. The van der Waals surface area contributed by atoms with Crippen molar-refractivity contribution in [3.8, 4) is 5.82 Å². The van der Waals surface area contributed by atoms with Gasteiger partial charge in [-0.1, -0.05) is 42.3 Å². The van der Waals surface area contributed by atoms with Gasteiger partial charge in [0, 0.05) is 19.2 Å². The van der Waals surface area contributed by atoms with Crippen LogP contribution in [0.3, 0.4) is 0 Å². The molecule has 0 atom stereocenters. The molecule has 0 aliphatic heterocycles. The van der Waals surface area contributed by atoms with Gasteiger partial charge >= 0.3 is 12.3 Å². The van der Waals surface area contributed by atoms with Crippen LogP contribution in [0.25, 0.3) is 16.9 Å². The molecule has 200 valence electrons. The van der Waals surface area contributed by atoms with Gasteiger partial charge in [-0.3, -0.25) is 4.57 Å². The molecule has 2 aromatic carbocycles. The summed E-state index contributed by atoms with van der Waals surface area (Å²) in [5.74, 6) is 0.836. The number of halogens is 4. The molecule has 0 spiro atoms. The average Bonchev–Trinajstić information content (AvgIpc) is 3.21. The first-order valence-electron chi connectivity index (χ1n) is 11.4. The number of pyridine rings is 1. The van der Waals surface area contributed by atoms with Crippen molar-refractivity contribution in [2.24, 2.45) is 0 Å². The second-order valence-corrected chi connectivity index (χ2v) is 10.8. The lowest BCUT2D eigenvalue weighted by Crippen LogP contribution is -2.37. The minimum absolute atomic E-state index is 0.0523. The standard InChI is InChI=1S/C25H22ClF3N4O4S/c1-3-22-31-20-12-18(25(27,28)29)19(26)13-21(20)33(22)23-9-6-16(14-30-23)10-11-32(24(34)35)38(36,37)17-7-4-15(2)5-8-17/h4-9,12-14H,3,10-11H2,1-2H3,(H,34,35). The predicted molar refractivity (Wildman–Crippen MR) is 135 cm³/mol. The van der Waals surface area contributed by atoms with Crippen molar-refractivity contribution in [1.29, 1.82) is 0 Å². The van der Waals surface area contributed by atoms with E-state index in [2.05, 4.69) is 9.97 Å². The molecule has 4 rings (SSSR count). The van der Waals surface area contributed by atoms with Crippen LogP contribution in [0.15, 0.2) is 59.6 Å². The summed E-state index contributed by atoms with van der Waals surface area (Å²) >= 11 is 5.93. The highest BCUT2D eigenvalue weighted by Gasteiger charge is 2.34. The Balaban J connectivity index is 1.61. The number of aromatic nitrogens is 3. The number of rotatable bonds is 7. The lowest BCUT2D eigenvalue weighted by molar-refractivity contribution is -0.137. The fourth-order valence-electron chi connectivity index (χ4n) is 3.94. The summed E-state index contributed by atoms with van der Waals surface area (Å²) < 4.78 is 67.6. The first-order valence-corrected chi connectivity index (χ1v) is 13.2. The Morgan fingerprint density at radius 3 is 2.37 bits per heavy atom. The lowest BCUT2D eigenvalue weighted by atomic mass is 10.2. The van der Waals surface area contributed by atoms with Crippen LogP contribution in [0.2, 0.25) is 5.02 Å². The number of hydrogen-bond donors (Lipinski definition) is 1. The molecular weight excluding hydrogens is 545 g/mol. The predicted octanol–water partition coefficient (Wildman–Crippen LogP) is 5.87. The van der Waals surface area contributed by atoms with Gasteiger partial charge in [0.25, 0.3) is 10.0 Å². The summed E-state index contributed by atoms with van der Waals surface area (Å²) in [7, 11) is -4.27. The molecular formula is C25H22ClF3N4O4S. The number of alkyl halides is 3. The lowest BCUT2D eigenvalue weighted by Gasteiger charge is -2.19. The molecule has 0 radical (unpaired) electrons. The summed E-state index contributed by atoms with van der Waals surface area (Å²) in [4.78, 5) is 20.3. The van der Waals surface area contributed by atoms with Crippen molar-refractivity contribution >= 4 is 38.8 Å². The third-order valence-electron chi connectivity index (χ3n) is 5.90. The maximum Gasteiger partial charge on any atom is 0.421 e. The number of imidazole rings is 1. The Hall–Kier alpha value is -3.64. The van der Waals surface area contributed by atoms with E-state index in [4.69, 9.17) is 11.6 Å². The average molecular weight is 567 g/mol. The number of carboxylic acid groups (broad SMARTS) is 1. The summed E-state index contributed by atoms with van der Waals surface area (Å²) in [6, 6.07) is 11.2. The maximum absolute atomic E-state index is 13.3. The van der Waals surface area contributed by atoms with E-state index in [0.29, 0.717) is 33.4 Å². The van der Waals surface area contributed by atoms with Gasteiger partial charge in [-0.2, -0.15) is 13.2 Å². The number of nitrogens with zero attached hydrogens (tertiary/aromatic N) is 4. The zero-order valence-electron chi connectivity index (χ0n) is 20.2. The van der Waals surface area contributed by atoms with E-state index in [9.17, 15) is 31.5 Å². The maximum atomic E-state index is 13.3. The second kappa shape index (κ2) is 10.3. The largest absolute Gasteiger partial charge is 0.464 e. The van der Waals surface area contributed by atoms with Crippen LogP contribution < -0.4 is 0 Å². The summed E-state index contributed by atoms with van der Waals surface area (Å²) in [5, 5.41) is 9.10. The fraction of sp³-hybridized carbons (Fsp3) is 0.240. The second-order valence-electron chi connectivity index (χ2n) is 8.48. The van der Waals surface area contributed by atoms with E-state index < -0.39 is 32.9 Å². The number of benzene rings is 2. The molecule has 0 saturated carbocycles. The van der Waals surface area contributed by atoms with Crippen LogP contribution in [0.1, 0.15) is 29.4 Å². The van der Waals surface area contributed by atoms with Crippen LogP contribution in [0.4, 0.5) is 18.0 Å². The van der Waals surface area contributed by atoms with Crippen LogP contribution in [-0.2, 0) is 29.0 Å². The topological polar surface area (TPSA) is 105 Å². The van der Waals surface area contributed by atoms with E-state index in [1.807, 2.05) is 0 Å². The minimum Gasteiger partial charge on any atom is -0.464 e. The normalized spacial score (nSPS) is 12.2. The van der Waals surface area contributed by atoms with Crippen LogP contribution in [0, 0.1) is 6.92 Å². The molecule has 2 aromatic heterocycles. The van der Waals surface area contributed by atoms with Crippen molar-refractivity contribution in [3.63, 3.8) is 0 Å². The first-order chi connectivity index (χ1) is 17.8. The van der Waals surface area contributed by atoms with E-state index >= 15 is 0 Å². The molecule has 0 aliphatic rings. The van der Waals surface area contributed by atoms with Crippen molar-refractivity contribution < 1.29 is 31.5 Å². The van der Waals surface area contributed by atoms with Crippen LogP contribution >= 0.6 is 11.6 Å². The minimum atomic E-state index is -4.63. The van der Waals surface area contributed by atoms with Gasteiger partial charge in [0.15, 0.2) is 0 Å². The van der Waals surface area contributed by atoms with Crippen LogP contribution in [0.5, 0.6) is 0 Å². The zero-order chi connectivity index (χ0) is 27.8. The van der Waals surface area contributed by atoms with Crippen molar-refractivity contribution in [2.75, 3.05) is 6.54 Å². The molecule has 38 heavy (non-hydrogen) atoms. The first kappa shape index (κ1) is 27.4. The van der Waals surface area contributed by atoms with Gasteiger partial charge in [-0.15, -0.1) is 0 Å². The van der Waals surface area contributed by atoms with Gasteiger partial charge < -0.3 is 5.11 Å². The molecule has 0 bridgehead atoms. The van der Waals surface area contributed by atoms with Crippen molar-refractivity contribution in [1.82, 2.24) is 18.8 Å². The summed E-state index contributed by atoms with van der Waals surface area (Å²) in [5.41, 5.74) is 0.867. The molecule has 0 aliphatic carbocycles. The van der Waals surface area contributed by atoms with E-state index in [1.165, 1.54) is 24.4 Å². The molecule has 1 N–H and O–H groups in total. The number of carbonyl (C=O) groups is 1. The third kappa shape index (κ3) is 5.32. The zero-order valence-corrected chi connectivity index (χ0v) is 21.8. The molecule has 0 fully saturated rings. The number of fused-ring (bicyclic) bond motifs is 1. The quantitative estimate of drug-likeness (QED) is 0.300. The molecule has 0 saturated heterocycles. The van der Waals surface area contributed by atoms with Gasteiger partial charge in [0.2, 0.25) is 0 Å². The molecule has 4 aromatic rings. The molecule has 0 unspecified atom stereocenters. The highest BCUT2D eigenvalue weighted by molar-refractivity contribution is 7.89. The van der Waals surface area contributed by atoms with Gasteiger partial charge in [0.1, 0.15) is 11.6 Å². The Morgan fingerprint density at radius 2 is 1.82 bits per heavy atom. The molecule has 2 heterocycles. The number of amides is 1. The molecule has 1 amide bonds. The SMILES string of the molecule is CCc1nc2cc(C(F)(F)F)c(Cl)cc2n1-c1ccc(CCN(C(=O)O)S(=O)(=O)c2ccc(C)cc2)cn1. The number of hydrogen-bond acceptors (Lipinski definition) is 5. The van der Waals surface area contributed by atoms with E-state index in [1.54, 1.807) is 42.7 Å². The number of aryl methyl sites for hydroxylation is 2. The fourth-order valence-corrected chi connectivity index (χ4v) is 5.48. The van der Waals surface area contributed by atoms with E-state index in [-0.39, 0.29) is 23.4 Å². The molecule has 8 nitrogen and oxygen atoms in total. The highest BCUT2D eigenvalue weighted by Crippen LogP contribution is 2.37. The Bertz CT molecular complexity index is 1600. The highest BCUT2D eigenvalue weighted by atomic mass is 35.5. The van der Waals surface area contributed by atoms with Crippen LogP contribution in [-0.4, -0.2) is 45.0 Å². The molecule has 13 heteroatoms. The van der Waals surface area contributed by atoms with Gasteiger partial charge in [0.05, 0.1) is 26.5 Å². The summed E-state index contributed by atoms with van der Waals surface area (Å²) in [6.45, 7) is 3.25. The third-order valence-corrected chi connectivity index (χ3v) is 8.00. The Labute approximate surface area is 221 Å². The summed E-state index contributed by atoms with van der Waals surface area (Å²) in [6.07, 6.45) is -4.33. The van der Waals surface area contributed by atoms with Crippen molar-refractivity contribution in [2.45, 2.75) is 37.8 Å². The Kier molecular flexibility index (Phi) is 7.39. The van der Waals surface area contributed by atoms with E-state index in [0.717, 1.165) is 11.6 Å². The Morgan fingerprint density at radius 1 is 1.13 bits per heavy atom. The number of sulfonamides is 1. The van der Waals surface area contributed by atoms with Gasteiger partial charge in [-0.25, -0.2) is 27.5 Å².